The predicted molar refractivity (Wildman–Crippen MR) is 110 cm³/mol. The van der Waals surface area contributed by atoms with Gasteiger partial charge in [-0.1, -0.05) is 42.5 Å². The number of nitrogens with zero attached hydrogens (tertiary/aromatic N) is 3. The van der Waals surface area contributed by atoms with Gasteiger partial charge in [0.25, 0.3) is 0 Å². The van der Waals surface area contributed by atoms with Crippen molar-refractivity contribution in [2.45, 2.75) is 19.5 Å². The molecule has 1 atom stereocenters. The number of rotatable bonds is 5. The maximum Gasteiger partial charge on any atom is 0.408 e. The molecule has 0 fully saturated rings. The van der Waals surface area contributed by atoms with Crippen LogP contribution in [0.25, 0.3) is 11.3 Å². The topological polar surface area (TPSA) is 58.4 Å². The molecule has 5 nitrogen and oxygen atoms in total. The van der Waals surface area contributed by atoms with Crippen LogP contribution in [0.15, 0.2) is 60.8 Å². The minimum atomic E-state index is -0.958. The van der Waals surface area contributed by atoms with E-state index in [0.29, 0.717) is 6.54 Å². The highest BCUT2D eigenvalue weighted by Crippen LogP contribution is 2.26. The lowest BCUT2D eigenvalue weighted by molar-refractivity contribution is 0.121. The van der Waals surface area contributed by atoms with Gasteiger partial charge >= 0.3 is 6.09 Å². The molecule has 0 aliphatic carbocycles. The maximum atomic E-state index is 11.8. The third kappa shape index (κ3) is 4.07. The van der Waals surface area contributed by atoms with Gasteiger partial charge in [-0.2, -0.15) is 0 Å². The van der Waals surface area contributed by atoms with Gasteiger partial charge in [0.1, 0.15) is 5.82 Å². The number of benzene rings is 2. The van der Waals surface area contributed by atoms with Crippen molar-refractivity contribution in [2.24, 2.45) is 7.05 Å². The number of amides is 1. The van der Waals surface area contributed by atoms with E-state index in [0.717, 1.165) is 26.2 Å². The largest absolute Gasteiger partial charge is 0.465 e. The molecule has 0 saturated carbocycles. The van der Waals surface area contributed by atoms with Crippen LogP contribution in [0, 0.1) is 3.57 Å². The molecule has 26 heavy (non-hydrogen) atoms. The van der Waals surface area contributed by atoms with Crippen LogP contribution in [0.5, 0.6) is 0 Å². The summed E-state index contributed by atoms with van der Waals surface area (Å²) < 4.78 is 3.06. The summed E-state index contributed by atoms with van der Waals surface area (Å²) in [5.41, 5.74) is 2.81. The smallest absolute Gasteiger partial charge is 0.408 e. The number of hydrogen-bond donors (Lipinski definition) is 1. The van der Waals surface area contributed by atoms with Crippen LogP contribution in [0.4, 0.5) is 4.79 Å². The molecule has 1 N–H and O–H groups in total. The highest BCUT2D eigenvalue weighted by atomic mass is 127. The SMILES string of the molecule is C[C@H](c1nc(-c2ccc(I)cc2)cn1C)N(Cc1ccccc1)C(=O)O. The van der Waals surface area contributed by atoms with Crippen LogP contribution in [0.3, 0.4) is 0 Å². The first kappa shape index (κ1) is 18.4. The molecule has 0 aliphatic heterocycles. The fraction of sp³-hybridized carbons (Fsp3) is 0.200. The number of imidazole rings is 1. The summed E-state index contributed by atoms with van der Waals surface area (Å²) >= 11 is 2.27. The van der Waals surface area contributed by atoms with Crippen LogP contribution in [0.2, 0.25) is 0 Å². The molecule has 1 heterocycles. The molecular formula is C20H20IN3O2. The molecule has 0 spiro atoms. The Labute approximate surface area is 166 Å². The predicted octanol–water partition coefficient (Wildman–Crippen LogP) is 4.93. The molecule has 6 heteroatoms. The average molecular weight is 461 g/mol. The van der Waals surface area contributed by atoms with Gasteiger partial charge in [-0.05, 0) is 47.2 Å². The van der Waals surface area contributed by atoms with Crippen molar-refractivity contribution in [3.63, 3.8) is 0 Å². The third-order valence-electron chi connectivity index (χ3n) is 4.33. The molecule has 134 valence electrons. The third-order valence-corrected chi connectivity index (χ3v) is 5.05. The number of aryl methyl sites for hydroxylation is 1. The molecule has 0 unspecified atom stereocenters. The summed E-state index contributed by atoms with van der Waals surface area (Å²) in [5.74, 6) is 0.719. The summed E-state index contributed by atoms with van der Waals surface area (Å²) in [6.45, 7) is 2.19. The molecular weight excluding hydrogens is 441 g/mol. The molecule has 1 aromatic heterocycles. The molecule has 0 aliphatic rings. The maximum absolute atomic E-state index is 11.8. The Balaban J connectivity index is 1.88. The fourth-order valence-electron chi connectivity index (χ4n) is 2.92. The summed E-state index contributed by atoms with van der Waals surface area (Å²) in [6, 6.07) is 17.4. The monoisotopic (exact) mass is 461 g/mol. The van der Waals surface area contributed by atoms with Gasteiger partial charge in [0.05, 0.1) is 11.7 Å². The van der Waals surface area contributed by atoms with E-state index < -0.39 is 6.09 Å². The van der Waals surface area contributed by atoms with Crippen LogP contribution < -0.4 is 0 Å². The van der Waals surface area contributed by atoms with Crippen molar-refractivity contribution in [1.29, 1.82) is 0 Å². The van der Waals surface area contributed by atoms with Crippen molar-refractivity contribution >= 4 is 28.7 Å². The zero-order valence-corrected chi connectivity index (χ0v) is 16.8. The van der Waals surface area contributed by atoms with Crippen molar-refractivity contribution in [2.75, 3.05) is 0 Å². The van der Waals surface area contributed by atoms with E-state index in [9.17, 15) is 9.90 Å². The Kier molecular flexibility index (Phi) is 5.61. The second kappa shape index (κ2) is 7.90. The van der Waals surface area contributed by atoms with Crippen molar-refractivity contribution in [3.8, 4) is 11.3 Å². The van der Waals surface area contributed by atoms with Crippen LogP contribution >= 0.6 is 22.6 Å². The first-order valence-electron chi connectivity index (χ1n) is 8.28. The zero-order chi connectivity index (χ0) is 18.7. The fourth-order valence-corrected chi connectivity index (χ4v) is 3.28. The number of halogens is 1. The van der Waals surface area contributed by atoms with E-state index in [-0.39, 0.29) is 6.04 Å². The average Bonchev–Trinajstić information content (AvgIpc) is 3.02. The summed E-state index contributed by atoms with van der Waals surface area (Å²) in [5, 5.41) is 9.70. The van der Waals surface area contributed by atoms with E-state index in [2.05, 4.69) is 22.6 Å². The molecule has 3 rings (SSSR count). The quantitative estimate of drug-likeness (QED) is 0.549. The summed E-state index contributed by atoms with van der Waals surface area (Å²) in [4.78, 5) is 18.0. The van der Waals surface area contributed by atoms with Gasteiger partial charge < -0.3 is 9.67 Å². The Morgan fingerprint density at radius 3 is 2.46 bits per heavy atom. The van der Waals surface area contributed by atoms with E-state index in [1.807, 2.05) is 79.3 Å². The number of carbonyl (C=O) groups is 1. The zero-order valence-electron chi connectivity index (χ0n) is 14.6. The minimum absolute atomic E-state index is 0.322. The van der Waals surface area contributed by atoms with Crippen LogP contribution in [-0.4, -0.2) is 25.7 Å². The molecule has 2 aromatic carbocycles. The van der Waals surface area contributed by atoms with Gasteiger partial charge in [0, 0.05) is 28.9 Å². The Hall–Kier alpha value is -2.35. The lowest BCUT2D eigenvalue weighted by atomic mass is 10.2. The highest BCUT2D eigenvalue weighted by Gasteiger charge is 2.25. The first-order chi connectivity index (χ1) is 12.5. The molecule has 0 radical (unpaired) electrons. The Morgan fingerprint density at radius 1 is 1.19 bits per heavy atom. The molecule has 3 aromatic rings. The number of carboxylic acid groups (broad SMARTS) is 1. The Morgan fingerprint density at radius 2 is 1.85 bits per heavy atom. The van der Waals surface area contributed by atoms with E-state index in [4.69, 9.17) is 4.98 Å². The molecule has 1 amide bonds. The lowest BCUT2D eigenvalue weighted by Gasteiger charge is -2.26. The van der Waals surface area contributed by atoms with E-state index >= 15 is 0 Å². The van der Waals surface area contributed by atoms with Gasteiger partial charge in [0.2, 0.25) is 0 Å². The standard InChI is InChI=1S/C20H20IN3O2/c1-14(24(20(25)26)12-15-6-4-3-5-7-15)19-22-18(13-23(19)2)16-8-10-17(21)11-9-16/h3-11,13-14H,12H2,1-2H3,(H,25,26)/t14-/m1/s1. The highest BCUT2D eigenvalue weighted by molar-refractivity contribution is 14.1. The Bertz CT molecular complexity index is 891. The number of hydrogen-bond acceptors (Lipinski definition) is 2. The van der Waals surface area contributed by atoms with Gasteiger partial charge in [-0.25, -0.2) is 9.78 Å². The van der Waals surface area contributed by atoms with E-state index in [1.54, 1.807) is 0 Å². The first-order valence-corrected chi connectivity index (χ1v) is 9.36. The van der Waals surface area contributed by atoms with Crippen molar-refractivity contribution in [3.05, 3.63) is 75.8 Å². The van der Waals surface area contributed by atoms with Gasteiger partial charge in [-0.15, -0.1) is 0 Å². The summed E-state index contributed by atoms with van der Waals surface area (Å²) in [6.07, 6.45) is 0.983. The van der Waals surface area contributed by atoms with Gasteiger partial charge in [0.15, 0.2) is 0 Å². The van der Waals surface area contributed by atoms with Crippen molar-refractivity contribution < 1.29 is 9.90 Å². The molecule has 0 saturated heterocycles. The van der Waals surface area contributed by atoms with Crippen molar-refractivity contribution in [1.82, 2.24) is 14.5 Å². The summed E-state index contributed by atoms with van der Waals surface area (Å²) in [7, 11) is 1.90. The minimum Gasteiger partial charge on any atom is -0.465 e. The second-order valence-electron chi connectivity index (χ2n) is 6.17. The lowest BCUT2D eigenvalue weighted by Crippen LogP contribution is -2.33. The molecule has 0 bridgehead atoms. The second-order valence-corrected chi connectivity index (χ2v) is 7.42. The number of aromatic nitrogens is 2. The van der Waals surface area contributed by atoms with E-state index in [1.165, 1.54) is 4.90 Å². The van der Waals surface area contributed by atoms with Crippen LogP contribution in [0.1, 0.15) is 24.4 Å². The van der Waals surface area contributed by atoms with Crippen LogP contribution in [-0.2, 0) is 13.6 Å². The van der Waals surface area contributed by atoms with Gasteiger partial charge in [-0.3, -0.25) is 4.90 Å². The normalized spacial score (nSPS) is 12.0.